The van der Waals surface area contributed by atoms with E-state index in [2.05, 4.69) is 0 Å². The number of thioether (sulfide) groups is 1. The normalized spacial score (nSPS) is 14.9. The topological polar surface area (TPSA) is 38.1 Å². The highest BCUT2D eigenvalue weighted by Crippen LogP contribution is 2.35. The minimum Gasteiger partial charge on any atom is -0.288 e. The van der Waals surface area contributed by atoms with Crippen LogP contribution in [0.5, 0.6) is 0 Å². The summed E-state index contributed by atoms with van der Waals surface area (Å²) in [4.78, 5) is 15.3. The monoisotopic (exact) mass is 471 g/mol. The molecule has 4 aromatic rings. The second-order valence-corrected chi connectivity index (χ2v) is 9.15. The largest absolute Gasteiger partial charge is 0.288 e. The van der Waals surface area contributed by atoms with Gasteiger partial charge < -0.3 is 0 Å². The number of halogens is 1. The van der Waals surface area contributed by atoms with E-state index in [0.717, 1.165) is 22.4 Å². The fourth-order valence-electron chi connectivity index (χ4n) is 3.58. The van der Waals surface area contributed by atoms with Crippen LogP contribution in [-0.2, 0) is 11.3 Å². The third kappa shape index (κ3) is 4.51. The summed E-state index contributed by atoms with van der Waals surface area (Å²) in [6.07, 6.45) is 3.69. The van der Waals surface area contributed by atoms with Gasteiger partial charge in [0, 0.05) is 17.3 Å². The number of carbonyl (C=O) groups excluding carboxylic acids is 1. The van der Waals surface area contributed by atoms with Crippen LogP contribution in [0.15, 0.2) is 96.0 Å². The van der Waals surface area contributed by atoms with Crippen molar-refractivity contribution in [2.75, 3.05) is 0 Å². The van der Waals surface area contributed by atoms with Gasteiger partial charge in [0.2, 0.25) is 0 Å². The van der Waals surface area contributed by atoms with E-state index in [4.69, 9.17) is 17.3 Å². The molecule has 1 amide bonds. The van der Waals surface area contributed by atoms with Crippen molar-refractivity contribution in [2.45, 2.75) is 6.54 Å². The molecule has 0 N–H and O–H groups in total. The van der Waals surface area contributed by atoms with Crippen molar-refractivity contribution in [3.63, 3.8) is 0 Å². The maximum atomic E-state index is 13.5. The molecule has 0 saturated carbocycles. The molecule has 0 atom stereocenters. The van der Waals surface area contributed by atoms with Gasteiger partial charge >= 0.3 is 0 Å². The maximum absolute atomic E-state index is 13.5. The number of amides is 1. The fraction of sp³-hybridized carbons (Fsp3) is 0.0385. The zero-order valence-electron chi connectivity index (χ0n) is 17.4. The van der Waals surface area contributed by atoms with E-state index < -0.39 is 0 Å². The molecule has 1 aliphatic heterocycles. The van der Waals surface area contributed by atoms with Gasteiger partial charge in [-0.15, -0.1) is 0 Å². The Labute approximate surface area is 200 Å². The summed E-state index contributed by atoms with van der Waals surface area (Å²) >= 11 is 6.78. The molecule has 7 heteroatoms. The zero-order valence-corrected chi connectivity index (χ0v) is 19.0. The fourth-order valence-corrected chi connectivity index (χ4v) is 4.83. The number of hydrogen-bond donors (Lipinski definition) is 0. The number of thiocarbonyl (C=S) groups is 1. The molecule has 1 aliphatic rings. The second-order valence-electron chi connectivity index (χ2n) is 7.47. The van der Waals surface area contributed by atoms with Crippen LogP contribution in [0.1, 0.15) is 11.1 Å². The molecule has 33 heavy (non-hydrogen) atoms. The van der Waals surface area contributed by atoms with E-state index in [1.165, 1.54) is 23.9 Å². The van der Waals surface area contributed by atoms with Gasteiger partial charge in [-0.2, -0.15) is 5.10 Å². The number of benzene rings is 3. The number of carbonyl (C=O) groups is 1. The Hall–Kier alpha value is -3.55. The lowest BCUT2D eigenvalue weighted by Crippen LogP contribution is -2.27. The summed E-state index contributed by atoms with van der Waals surface area (Å²) in [7, 11) is 0. The minimum atomic E-state index is -0.315. The van der Waals surface area contributed by atoms with E-state index in [0.29, 0.717) is 21.5 Å². The quantitative estimate of drug-likeness (QED) is 0.261. The Bertz CT molecular complexity index is 1350. The van der Waals surface area contributed by atoms with Crippen molar-refractivity contribution in [3.05, 3.63) is 113 Å². The predicted octanol–water partition coefficient (Wildman–Crippen LogP) is 6.08. The van der Waals surface area contributed by atoms with Crippen LogP contribution in [0.25, 0.3) is 23.0 Å². The summed E-state index contributed by atoms with van der Waals surface area (Å²) in [6.45, 7) is 0.428. The van der Waals surface area contributed by atoms with Gasteiger partial charge in [0.15, 0.2) is 0 Å². The average molecular weight is 472 g/mol. The highest BCUT2D eigenvalue weighted by Gasteiger charge is 2.32. The smallest absolute Gasteiger partial charge is 0.266 e. The van der Waals surface area contributed by atoms with Gasteiger partial charge in [-0.3, -0.25) is 9.69 Å². The van der Waals surface area contributed by atoms with E-state index in [1.54, 1.807) is 21.7 Å². The molecule has 0 bridgehead atoms. The molecule has 5 rings (SSSR count). The summed E-state index contributed by atoms with van der Waals surface area (Å²) in [5, 5.41) is 4.74. The molecule has 0 aliphatic carbocycles. The first-order valence-corrected chi connectivity index (χ1v) is 11.5. The number of hydrogen-bond acceptors (Lipinski definition) is 4. The van der Waals surface area contributed by atoms with Crippen LogP contribution in [0.2, 0.25) is 0 Å². The molecule has 0 unspecified atom stereocenters. The van der Waals surface area contributed by atoms with Gasteiger partial charge in [-0.25, -0.2) is 9.07 Å². The van der Waals surface area contributed by atoms with E-state index in [9.17, 15) is 9.18 Å². The van der Waals surface area contributed by atoms with E-state index in [-0.39, 0.29) is 11.7 Å². The summed E-state index contributed by atoms with van der Waals surface area (Å²) in [5.74, 6) is -0.448. The third-order valence-corrected chi connectivity index (χ3v) is 6.60. The first-order chi connectivity index (χ1) is 16.1. The SMILES string of the molecule is O=C1/C(=C/c2cn(-c3ccccc3)nc2-c2ccc(F)cc2)SC(=S)N1Cc1ccccc1. The van der Waals surface area contributed by atoms with E-state index in [1.807, 2.05) is 72.9 Å². The molecule has 3 aromatic carbocycles. The summed E-state index contributed by atoms with van der Waals surface area (Å²) in [5.41, 5.74) is 4.08. The summed E-state index contributed by atoms with van der Waals surface area (Å²) in [6, 6.07) is 25.6. The minimum absolute atomic E-state index is 0.133. The van der Waals surface area contributed by atoms with E-state index >= 15 is 0 Å². The summed E-state index contributed by atoms with van der Waals surface area (Å²) < 4.78 is 15.8. The molecule has 1 saturated heterocycles. The second kappa shape index (κ2) is 9.13. The Morgan fingerprint density at radius 2 is 1.61 bits per heavy atom. The molecule has 0 radical (unpaired) electrons. The molecule has 2 heterocycles. The first kappa shape index (κ1) is 21.3. The predicted molar refractivity (Wildman–Crippen MR) is 134 cm³/mol. The van der Waals surface area contributed by atoms with Crippen LogP contribution in [-0.4, -0.2) is 24.9 Å². The highest BCUT2D eigenvalue weighted by molar-refractivity contribution is 8.26. The highest BCUT2D eigenvalue weighted by atomic mass is 32.2. The zero-order chi connectivity index (χ0) is 22.8. The number of rotatable bonds is 5. The Kier molecular flexibility index (Phi) is 5.90. The van der Waals surface area contributed by atoms with Crippen molar-refractivity contribution < 1.29 is 9.18 Å². The number of aromatic nitrogens is 2. The Morgan fingerprint density at radius 1 is 0.939 bits per heavy atom. The number of nitrogens with zero attached hydrogens (tertiary/aromatic N) is 3. The van der Waals surface area contributed by atoms with Crippen molar-refractivity contribution in [2.24, 2.45) is 0 Å². The van der Waals surface area contributed by atoms with Gasteiger partial charge in [0.1, 0.15) is 10.1 Å². The molecule has 1 aromatic heterocycles. The van der Waals surface area contributed by atoms with Gasteiger partial charge in [0.25, 0.3) is 5.91 Å². The van der Waals surface area contributed by atoms with Crippen LogP contribution in [0, 0.1) is 5.82 Å². The Balaban J connectivity index is 1.53. The molecule has 4 nitrogen and oxygen atoms in total. The first-order valence-electron chi connectivity index (χ1n) is 10.3. The lowest BCUT2D eigenvalue weighted by Gasteiger charge is -2.14. The lowest BCUT2D eigenvalue weighted by atomic mass is 10.1. The van der Waals surface area contributed by atoms with Gasteiger partial charge in [-0.05, 0) is 48.0 Å². The number of para-hydroxylation sites is 1. The van der Waals surface area contributed by atoms with Crippen LogP contribution in [0.3, 0.4) is 0 Å². The molecule has 162 valence electrons. The molecular weight excluding hydrogens is 453 g/mol. The van der Waals surface area contributed by atoms with Crippen LogP contribution >= 0.6 is 24.0 Å². The Morgan fingerprint density at radius 3 is 2.30 bits per heavy atom. The third-order valence-electron chi connectivity index (χ3n) is 5.22. The van der Waals surface area contributed by atoms with Crippen molar-refractivity contribution >= 4 is 40.3 Å². The van der Waals surface area contributed by atoms with Crippen LogP contribution in [0.4, 0.5) is 4.39 Å². The molecule has 1 fully saturated rings. The van der Waals surface area contributed by atoms with Gasteiger partial charge in [-0.1, -0.05) is 72.5 Å². The van der Waals surface area contributed by atoms with Crippen molar-refractivity contribution in [1.82, 2.24) is 14.7 Å². The van der Waals surface area contributed by atoms with Crippen molar-refractivity contribution in [3.8, 4) is 16.9 Å². The molecule has 0 spiro atoms. The average Bonchev–Trinajstić information content (AvgIpc) is 3.37. The standard InChI is InChI=1S/C26H18FN3OS2/c27-21-13-11-19(12-14-21)24-20(17-30(28-24)22-9-5-2-6-10-22)15-23-25(31)29(26(32)33-23)16-18-7-3-1-4-8-18/h1-15,17H,16H2/b23-15-. The lowest BCUT2D eigenvalue weighted by molar-refractivity contribution is -0.122. The van der Waals surface area contributed by atoms with Crippen molar-refractivity contribution in [1.29, 1.82) is 0 Å². The maximum Gasteiger partial charge on any atom is 0.266 e. The van der Waals surface area contributed by atoms with Gasteiger partial charge in [0.05, 0.1) is 22.8 Å². The molecular formula is C26H18FN3OS2. The van der Waals surface area contributed by atoms with Crippen LogP contribution < -0.4 is 0 Å².